The van der Waals surface area contributed by atoms with E-state index in [4.69, 9.17) is 4.74 Å². The molecule has 2 unspecified atom stereocenters. The van der Waals surface area contributed by atoms with Crippen molar-refractivity contribution < 1.29 is 9.13 Å². The van der Waals surface area contributed by atoms with Gasteiger partial charge in [-0.15, -0.1) is 11.8 Å². The number of hydrogen-bond donors (Lipinski definition) is 1. The third kappa shape index (κ3) is 3.71. The maximum Gasteiger partial charge on any atom is 0.124 e. The van der Waals surface area contributed by atoms with Crippen LogP contribution in [0.3, 0.4) is 0 Å². The van der Waals surface area contributed by atoms with Crippen molar-refractivity contribution in [3.05, 3.63) is 29.6 Å². The molecule has 3 rings (SSSR count). The van der Waals surface area contributed by atoms with Crippen LogP contribution in [0.4, 0.5) is 4.39 Å². The maximum atomic E-state index is 13.7. The van der Waals surface area contributed by atoms with Gasteiger partial charge in [0.1, 0.15) is 5.82 Å². The molecule has 2 nitrogen and oxygen atoms in total. The Balaban J connectivity index is 1.65. The van der Waals surface area contributed by atoms with Crippen LogP contribution in [0.25, 0.3) is 0 Å². The number of halogens is 1. The molecule has 1 saturated heterocycles. The van der Waals surface area contributed by atoms with Gasteiger partial charge < -0.3 is 10.1 Å². The molecular formula is C15H20FNOS. The van der Waals surface area contributed by atoms with Crippen LogP contribution < -0.4 is 5.32 Å². The third-order valence-corrected chi connectivity index (χ3v) is 5.13. The average Bonchev–Trinajstić information content (AvgIpc) is 3.11. The monoisotopic (exact) mass is 281 g/mol. The predicted molar refractivity (Wildman–Crippen MR) is 75.9 cm³/mol. The number of rotatable bonds is 5. The summed E-state index contributed by atoms with van der Waals surface area (Å²) < 4.78 is 19.2. The van der Waals surface area contributed by atoms with Crippen molar-refractivity contribution in [3.63, 3.8) is 0 Å². The molecule has 4 heteroatoms. The number of hydrogen-bond acceptors (Lipinski definition) is 3. The Labute approximate surface area is 118 Å². The minimum atomic E-state index is -0.135. The standard InChI is InChI=1S/C15H20FNOS/c1-10-15(4-5-18-10)19-14-7-11(6-12(16)8-14)9-17-13-2-3-13/h6-8,10,13,15,17H,2-5,9H2,1H3. The first-order valence-electron chi connectivity index (χ1n) is 7.02. The summed E-state index contributed by atoms with van der Waals surface area (Å²) in [6.07, 6.45) is 3.83. The molecule has 1 aliphatic heterocycles. The van der Waals surface area contributed by atoms with Gasteiger partial charge >= 0.3 is 0 Å². The Hall–Kier alpha value is -0.580. The molecular weight excluding hydrogens is 261 g/mol. The van der Waals surface area contributed by atoms with E-state index < -0.39 is 0 Å². The van der Waals surface area contributed by atoms with Crippen LogP contribution in [0, 0.1) is 5.82 Å². The molecule has 1 aromatic rings. The SMILES string of the molecule is CC1OCCC1Sc1cc(F)cc(CNC2CC2)c1. The first-order valence-corrected chi connectivity index (χ1v) is 7.90. The van der Waals surface area contributed by atoms with Crippen LogP contribution in [0.15, 0.2) is 23.1 Å². The molecule has 1 saturated carbocycles. The van der Waals surface area contributed by atoms with E-state index in [1.807, 2.05) is 0 Å². The van der Waals surface area contributed by atoms with Crippen molar-refractivity contribution in [1.82, 2.24) is 5.32 Å². The Morgan fingerprint density at radius 1 is 1.32 bits per heavy atom. The zero-order valence-electron chi connectivity index (χ0n) is 11.2. The molecule has 1 N–H and O–H groups in total. The highest BCUT2D eigenvalue weighted by Crippen LogP contribution is 2.33. The van der Waals surface area contributed by atoms with Crippen molar-refractivity contribution in [2.75, 3.05) is 6.61 Å². The highest BCUT2D eigenvalue weighted by molar-refractivity contribution is 8.00. The first kappa shape index (κ1) is 13.4. The summed E-state index contributed by atoms with van der Waals surface area (Å²) in [5.41, 5.74) is 1.04. The lowest BCUT2D eigenvalue weighted by Gasteiger charge is -2.14. The van der Waals surface area contributed by atoms with Gasteiger partial charge in [0.15, 0.2) is 0 Å². The molecule has 0 amide bonds. The zero-order chi connectivity index (χ0) is 13.2. The lowest BCUT2D eigenvalue weighted by molar-refractivity contribution is 0.127. The van der Waals surface area contributed by atoms with Crippen molar-refractivity contribution >= 4 is 11.8 Å². The van der Waals surface area contributed by atoms with Crippen LogP contribution in [0.5, 0.6) is 0 Å². The van der Waals surface area contributed by atoms with E-state index in [-0.39, 0.29) is 11.9 Å². The quantitative estimate of drug-likeness (QED) is 0.894. The van der Waals surface area contributed by atoms with E-state index in [9.17, 15) is 4.39 Å². The topological polar surface area (TPSA) is 21.3 Å². The summed E-state index contributed by atoms with van der Waals surface area (Å²) in [6, 6.07) is 6.03. The van der Waals surface area contributed by atoms with Gasteiger partial charge in [-0.1, -0.05) is 0 Å². The predicted octanol–water partition coefficient (Wildman–Crippen LogP) is 3.35. The van der Waals surface area contributed by atoms with Crippen molar-refractivity contribution in [3.8, 4) is 0 Å². The normalized spacial score (nSPS) is 26.8. The molecule has 2 fully saturated rings. The van der Waals surface area contributed by atoms with Crippen LogP contribution >= 0.6 is 11.8 Å². The summed E-state index contributed by atoms with van der Waals surface area (Å²) in [5, 5.41) is 3.88. The molecule has 1 heterocycles. The van der Waals surface area contributed by atoms with Crippen molar-refractivity contribution in [2.24, 2.45) is 0 Å². The molecule has 0 spiro atoms. The van der Waals surface area contributed by atoms with Gasteiger partial charge in [0.05, 0.1) is 6.10 Å². The largest absolute Gasteiger partial charge is 0.377 e. The number of nitrogens with one attached hydrogen (secondary N) is 1. The summed E-state index contributed by atoms with van der Waals surface area (Å²) in [6.45, 7) is 3.69. The van der Waals surface area contributed by atoms with Gasteiger partial charge in [0.2, 0.25) is 0 Å². The Morgan fingerprint density at radius 2 is 2.16 bits per heavy atom. The van der Waals surface area contributed by atoms with Crippen LogP contribution in [0.2, 0.25) is 0 Å². The van der Waals surface area contributed by atoms with E-state index in [0.717, 1.165) is 30.0 Å². The van der Waals surface area contributed by atoms with E-state index in [1.54, 1.807) is 23.9 Å². The smallest absolute Gasteiger partial charge is 0.124 e. The average molecular weight is 281 g/mol. The Kier molecular flexibility index (Phi) is 4.10. The molecule has 2 atom stereocenters. The summed E-state index contributed by atoms with van der Waals surface area (Å²) in [7, 11) is 0. The highest BCUT2D eigenvalue weighted by atomic mass is 32.2. The third-order valence-electron chi connectivity index (χ3n) is 3.70. The second-order valence-electron chi connectivity index (χ2n) is 5.47. The molecule has 1 aromatic carbocycles. The molecule has 19 heavy (non-hydrogen) atoms. The Bertz CT molecular complexity index is 450. The number of benzene rings is 1. The van der Waals surface area contributed by atoms with Crippen LogP contribution in [-0.2, 0) is 11.3 Å². The lowest BCUT2D eigenvalue weighted by atomic mass is 10.2. The summed E-state index contributed by atoms with van der Waals surface area (Å²) in [5.74, 6) is -0.135. The fraction of sp³-hybridized carbons (Fsp3) is 0.600. The van der Waals surface area contributed by atoms with E-state index in [2.05, 4.69) is 18.3 Å². The minimum absolute atomic E-state index is 0.135. The fourth-order valence-electron chi connectivity index (χ4n) is 2.38. The van der Waals surface area contributed by atoms with E-state index >= 15 is 0 Å². The number of ether oxygens (including phenoxy) is 1. The van der Waals surface area contributed by atoms with E-state index in [0.29, 0.717) is 11.3 Å². The fourth-order valence-corrected chi connectivity index (χ4v) is 3.62. The van der Waals surface area contributed by atoms with Gasteiger partial charge in [-0.2, -0.15) is 0 Å². The second kappa shape index (κ2) is 5.81. The second-order valence-corrected chi connectivity index (χ2v) is 6.78. The van der Waals surface area contributed by atoms with Crippen molar-refractivity contribution in [1.29, 1.82) is 0 Å². The molecule has 0 bridgehead atoms. The first-order chi connectivity index (χ1) is 9.20. The summed E-state index contributed by atoms with van der Waals surface area (Å²) >= 11 is 1.74. The van der Waals surface area contributed by atoms with Gasteiger partial charge in [-0.05, 0) is 49.9 Å². The maximum absolute atomic E-state index is 13.7. The van der Waals surface area contributed by atoms with Gasteiger partial charge in [0, 0.05) is 29.3 Å². The minimum Gasteiger partial charge on any atom is -0.377 e. The summed E-state index contributed by atoms with van der Waals surface area (Å²) in [4.78, 5) is 1.02. The van der Waals surface area contributed by atoms with E-state index in [1.165, 1.54) is 12.8 Å². The zero-order valence-corrected chi connectivity index (χ0v) is 12.0. The van der Waals surface area contributed by atoms with Crippen LogP contribution in [-0.4, -0.2) is 24.0 Å². The van der Waals surface area contributed by atoms with Crippen molar-refractivity contribution in [2.45, 2.75) is 55.0 Å². The molecule has 1 aliphatic carbocycles. The molecule has 0 aromatic heterocycles. The highest BCUT2D eigenvalue weighted by Gasteiger charge is 2.25. The van der Waals surface area contributed by atoms with Crippen LogP contribution in [0.1, 0.15) is 31.7 Å². The van der Waals surface area contributed by atoms with Gasteiger partial charge in [0.25, 0.3) is 0 Å². The number of thioether (sulfide) groups is 1. The lowest BCUT2D eigenvalue weighted by Crippen LogP contribution is -2.16. The molecule has 104 valence electrons. The Morgan fingerprint density at radius 3 is 2.84 bits per heavy atom. The van der Waals surface area contributed by atoms with Gasteiger partial charge in [-0.3, -0.25) is 0 Å². The van der Waals surface area contributed by atoms with Gasteiger partial charge in [-0.25, -0.2) is 4.39 Å². The molecule has 2 aliphatic rings. The molecule has 0 radical (unpaired) electrons.